The standard InChI is InChI=1S/C20H21N3O4/c1-12(2)23-20(25)17-8-6-5-7-16(17)18(22-23)19(24)21-13-9-14(26-3)11-15(10-13)27-4/h5-12H,1-4H3,(H,21,24). The minimum absolute atomic E-state index is 0.175. The van der Waals surface area contributed by atoms with E-state index in [0.717, 1.165) is 0 Å². The number of amides is 1. The molecule has 0 aliphatic rings. The SMILES string of the molecule is COc1cc(NC(=O)c2nn(C(C)C)c(=O)c3ccccc23)cc(OC)c1. The van der Waals surface area contributed by atoms with Gasteiger partial charge in [0.05, 0.1) is 25.6 Å². The predicted octanol–water partition coefficient (Wildman–Crippen LogP) is 3.25. The average molecular weight is 367 g/mol. The summed E-state index contributed by atoms with van der Waals surface area (Å²) in [4.78, 5) is 25.5. The minimum Gasteiger partial charge on any atom is -0.497 e. The van der Waals surface area contributed by atoms with E-state index in [1.807, 2.05) is 13.8 Å². The highest BCUT2D eigenvalue weighted by Crippen LogP contribution is 2.26. The lowest BCUT2D eigenvalue weighted by Gasteiger charge is -2.14. The lowest BCUT2D eigenvalue weighted by molar-refractivity contribution is 0.102. The number of anilines is 1. The molecule has 0 radical (unpaired) electrons. The van der Waals surface area contributed by atoms with Crippen molar-refractivity contribution in [1.82, 2.24) is 9.78 Å². The van der Waals surface area contributed by atoms with Crippen LogP contribution < -0.4 is 20.3 Å². The molecular weight excluding hydrogens is 346 g/mol. The van der Waals surface area contributed by atoms with Crippen LogP contribution in [0.3, 0.4) is 0 Å². The monoisotopic (exact) mass is 367 g/mol. The van der Waals surface area contributed by atoms with Gasteiger partial charge in [-0.05, 0) is 19.9 Å². The molecule has 1 heterocycles. The highest BCUT2D eigenvalue weighted by Gasteiger charge is 2.18. The number of methoxy groups -OCH3 is 2. The summed E-state index contributed by atoms with van der Waals surface area (Å²) in [5.74, 6) is 0.681. The van der Waals surface area contributed by atoms with E-state index in [-0.39, 0.29) is 17.3 Å². The molecule has 0 unspecified atom stereocenters. The fourth-order valence-electron chi connectivity index (χ4n) is 2.79. The summed E-state index contributed by atoms with van der Waals surface area (Å²) in [6.45, 7) is 3.69. The zero-order valence-electron chi connectivity index (χ0n) is 15.6. The van der Waals surface area contributed by atoms with Gasteiger partial charge in [0.25, 0.3) is 11.5 Å². The first-order valence-electron chi connectivity index (χ1n) is 8.50. The molecule has 0 fully saturated rings. The molecule has 1 aromatic heterocycles. The van der Waals surface area contributed by atoms with Crippen LogP contribution in [0.1, 0.15) is 30.4 Å². The molecule has 0 saturated carbocycles. The van der Waals surface area contributed by atoms with Crippen LogP contribution in [0.5, 0.6) is 11.5 Å². The molecule has 1 N–H and O–H groups in total. The van der Waals surface area contributed by atoms with Crippen molar-refractivity contribution in [3.8, 4) is 11.5 Å². The second-order valence-corrected chi connectivity index (χ2v) is 6.29. The minimum atomic E-state index is -0.420. The Morgan fingerprint density at radius 3 is 2.19 bits per heavy atom. The van der Waals surface area contributed by atoms with E-state index in [9.17, 15) is 9.59 Å². The Bertz CT molecular complexity index is 1030. The summed E-state index contributed by atoms with van der Waals surface area (Å²) >= 11 is 0. The van der Waals surface area contributed by atoms with Crippen LogP contribution in [0.15, 0.2) is 47.3 Å². The summed E-state index contributed by atoms with van der Waals surface area (Å²) in [5, 5.41) is 8.08. The third-order valence-corrected chi connectivity index (χ3v) is 4.14. The zero-order chi connectivity index (χ0) is 19.6. The molecule has 140 valence electrons. The highest BCUT2D eigenvalue weighted by molar-refractivity contribution is 6.11. The Balaban J connectivity index is 2.09. The van der Waals surface area contributed by atoms with E-state index in [2.05, 4.69) is 10.4 Å². The quantitative estimate of drug-likeness (QED) is 0.748. The van der Waals surface area contributed by atoms with Crippen molar-refractivity contribution in [2.24, 2.45) is 0 Å². The van der Waals surface area contributed by atoms with E-state index in [0.29, 0.717) is 28.0 Å². The third kappa shape index (κ3) is 3.62. The van der Waals surface area contributed by atoms with Gasteiger partial charge in [-0.2, -0.15) is 5.10 Å². The van der Waals surface area contributed by atoms with Gasteiger partial charge in [0, 0.05) is 29.3 Å². The maximum atomic E-state index is 12.9. The molecule has 7 heteroatoms. The van der Waals surface area contributed by atoms with Crippen LogP contribution in [0.2, 0.25) is 0 Å². The van der Waals surface area contributed by atoms with E-state index in [4.69, 9.17) is 9.47 Å². The first-order valence-corrected chi connectivity index (χ1v) is 8.50. The number of hydrogen-bond acceptors (Lipinski definition) is 5. The normalized spacial score (nSPS) is 10.9. The van der Waals surface area contributed by atoms with Crippen molar-refractivity contribution >= 4 is 22.4 Å². The summed E-state index contributed by atoms with van der Waals surface area (Å²) in [7, 11) is 3.07. The number of ether oxygens (including phenoxy) is 2. The average Bonchev–Trinajstić information content (AvgIpc) is 2.67. The van der Waals surface area contributed by atoms with E-state index in [1.54, 1.807) is 42.5 Å². The lowest BCUT2D eigenvalue weighted by Crippen LogP contribution is -2.28. The molecule has 0 spiro atoms. The van der Waals surface area contributed by atoms with Crippen LogP contribution in [0.4, 0.5) is 5.69 Å². The molecule has 7 nitrogen and oxygen atoms in total. The van der Waals surface area contributed by atoms with Crippen LogP contribution in [-0.2, 0) is 0 Å². The van der Waals surface area contributed by atoms with Crippen LogP contribution >= 0.6 is 0 Å². The van der Waals surface area contributed by atoms with Crippen molar-refractivity contribution in [3.05, 3.63) is 58.5 Å². The van der Waals surface area contributed by atoms with E-state index < -0.39 is 5.91 Å². The smallest absolute Gasteiger partial charge is 0.276 e. The van der Waals surface area contributed by atoms with Crippen molar-refractivity contribution in [2.45, 2.75) is 19.9 Å². The number of benzene rings is 2. The van der Waals surface area contributed by atoms with Gasteiger partial charge in [-0.3, -0.25) is 9.59 Å². The fourth-order valence-corrected chi connectivity index (χ4v) is 2.79. The fraction of sp³-hybridized carbons (Fsp3) is 0.250. The summed E-state index contributed by atoms with van der Waals surface area (Å²) in [5.41, 5.74) is 0.463. The first-order chi connectivity index (χ1) is 12.9. The molecular formula is C20H21N3O4. The van der Waals surface area contributed by atoms with Crippen LogP contribution in [0, 0.1) is 0 Å². The molecule has 2 aromatic carbocycles. The van der Waals surface area contributed by atoms with Gasteiger partial charge in [0.1, 0.15) is 11.5 Å². The number of fused-ring (bicyclic) bond motifs is 1. The Morgan fingerprint density at radius 1 is 1.04 bits per heavy atom. The second-order valence-electron chi connectivity index (χ2n) is 6.29. The molecule has 1 amide bonds. The van der Waals surface area contributed by atoms with Gasteiger partial charge in [0.2, 0.25) is 0 Å². The van der Waals surface area contributed by atoms with Gasteiger partial charge in [-0.1, -0.05) is 18.2 Å². The first kappa shape index (κ1) is 18.4. The second kappa shape index (κ2) is 7.49. The Hall–Kier alpha value is -3.35. The number of aromatic nitrogens is 2. The zero-order valence-corrected chi connectivity index (χ0v) is 15.6. The lowest BCUT2D eigenvalue weighted by atomic mass is 10.1. The van der Waals surface area contributed by atoms with Gasteiger partial charge >= 0.3 is 0 Å². The van der Waals surface area contributed by atoms with Gasteiger partial charge < -0.3 is 14.8 Å². The molecule has 3 rings (SSSR count). The van der Waals surface area contributed by atoms with E-state index in [1.165, 1.54) is 18.9 Å². The third-order valence-electron chi connectivity index (χ3n) is 4.14. The number of nitrogens with zero attached hydrogens (tertiary/aromatic N) is 2. The van der Waals surface area contributed by atoms with Crippen molar-refractivity contribution in [1.29, 1.82) is 0 Å². The molecule has 0 atom stereocenters. The molecule has 27 heavy (non-hydrogen) atoms. The molecule has 0 saturated heterocycles. The highest BCUT2D eigenvalue weighted by atomic mass is 16.5. The van der Waals surface area contributed by atoms with Crippen molar-refractivity contribution < 1.29 is 14.3 Å². The maximum Gasteiger partial charge on any atom is 0.276 e. The Morgan fingerprint density at radius 2 is 1.63 bits per heavy atom. The largest absolute Gasteiger partial charge is 0.497 e. The summed E-state index contributed by atoms with van der Waals surface area (Å²) in [6.07, 6.45) is 0. The topological polar surface area (TPSA) is 82.5 Å². The molecule has 3 aromatic rings. The number of rotatable bonds is 5. The van der Waals surface area contributed by atoms with E-state index >= 15 is 0 Å². The molecule has 0 bridgehead atoms. The number of carbonyl (C=O) groups is 1. The number of hydrogen-bond donors (Lipinski definition) is 1. The molecule has 0 aliphatic heterocycles. The van der Waals surface area contributed by atoms with Crippen LogP contribution in [0.25, 0.3) is 10.8 Å². The van der Waals surface area contributed by atoms with Gasteiger partial charge in [-0.25, -0.2) is 4.68 Å². The Kier molecular flexibility index (Phi) is 5.12. The van der Waals surface area contributed by atoms with Crippen molar-refractivity contribution in [3.63, 3.8) is 0 Å². The number of carbonyl (C=O) groups excluding carboxylic acids is 1. The predicted molar refractivity (Wildman–Crippen MR) is 104 cm³/mol. The molecule has 0 aliphatic carbocycles. The summed E-state index contributed by atoms with van der Waals surface area (Å²) in [6, 6.07) is 11.9. The Labute approximate surface area is 156 Å². The van der Waals surface area contributed by atoms with Crippen molar-refractivity contribution in [2.75, 3.05) is 19.5 Å². The van der Waals surface area contributed by atoms with Gasteiger partial charge in [0.15, 0.2) is 5.69 Å². The summed E-state index contributed by atoms with van der Waals surface area (Å²) < 4.78 is 11.8. The van der Waals surface area contributed by atoms with Gasteiger partial charge in [-0.15, -0.1) is 0 Å². The number of nitrogens with one attached hydrogen (secondary N) is 1. The maximum absolute atomic E-state index is 12.9. The van der Waals surface area contributed by atoms with Crippen LogP contribution in [-0.4, -0.2) is 29.9 Å².